The molecule has 0 heterocycles. The molecule has 1 unspecified atom stereocenters. The molecule has 0 fully saturated rings. The van der Waals surface area contributed by atoms with E-state index in [0.29, 0.717) is 29.5 Å². The Balaban J connectivity index is -0.000000130. The summed E-state index contributed by atoms with van der Waals surface area (Å²) in [6.07, 6.45) is 53.6. The van der Waals surface area contributed by atoms with E-state index in [1.165, 1.54) is 284 Å². The van der Waals surface area contributed by atoms with Gasteiger partial charge in [0.2, 0.25) is 11.8 Å². The van der Waals surface area contributed by atoms with Gasteiger partial charge >= 0.3 is 103 Å². The number of rotatable bonds is 59. The second-order valence-corrected chi connectivity index (χ2v) is 33.8. The Hall–Kier alpha value is 0.503. The Bertz CT molecular complexity index is 2700. The molecule has 0 aliphatic rings. The number of ether oxygens (including phenoxy) is 2. The van der Waals surface area contributed by atoms with Crippen molar-refractivity contribution in [3.05, 3.63) is 131 Å². The van der Waals surface area contributed by atoms with Gasteiger partial charge in [-0.15, -0.1) is 0 Å². The van der Waals surface area contributed by atoms with Crippen molar-refractivity contribution in [2.75, 3.05) is 127 Å². The first-order valence-electron chi connectivity index (χ1n) is 46.1. The molecular weight excluding hydrogens is 1960 g/mol. The van der Waals surface area contributed by atoms with Crippen LogP contribution in [0.15, 0.2) is 109 Å². The van der Waals surface area contributed by atoms with Crippen LogP contribution in [0.25, 0.3) is 0 Å². The molecule has 0 saturated heterocycles. The van der Waals surface area contributed by atoms with Gasteiger partial charge in [-0.1, -0.05) is 329 Å². The molecule has 1 atom stereocenters. The van der Waals surface area contributed by atoms with Gasteiger partial charge in [-0.05, 0) is 138 Å². The van der Waals surface area contributed by atoms with Crippen molar-refractivity contribution in [1.82, 2.24) is 9.80 Å². The van der Waals surface area contributed by atoms with E-state index in [-0.39, 0.29) is 224 Å². The Kier molecular flexibility index (Phi) is 129. The molecule has 0 saturated carbocycles. The molecule has 121 heavy (non-hydrogen) atoms. The van der Waals surface area contributed by atoms with Crippen LogP contribution >= 0.6 is 15.9 Å². The first kappa shape index (κ1) is 147. The number of amides is 2. The van der Waals surface area contributed by atoms with E-state index in [0.717, 1.165) is 74.4 Å². The summed E-state index contributed by atoms with van der Waals surface area (Å²) in [6.45, 7) is 38.4. The van der Waals surface area contributed by atoms with Gasteiger partial charge in [0.1, 0.15) is 11.5 Å². The Morgan fingerprint density at radius 2 is 0.554 bits per heavy atom. The van der Waals surface area contributed by atoms with Crippen LogP contribution in [-0.2, 0) is 9.59 Å². The van der Waals surface area contributed by atoms with E-state index in [1.807, 2.05) is 137 Å². The molecule has 0 aliphatic heterocycles. The van der Waals surface area contributed by atoms with E-state index in [9.17, 15) is 19.2 Å². The van der Waals surface area contributed by atoms with Crippen LogP contribution in [-0.4, -0.2) is 184 Å². The average Bonchev–Trinajstić information content (AvgIpc) is 0.859. The van der Waals surface area contributed by atoms with E-state index < -0.39 is 0 Å². The van der Waals surface area contributed by atoms with Crippen LogP contribution in [0.4, 0.5) is 0 Å². The second-order valence-electron chi connectivity index (χ2n) is 33.0. The molecule has 702 valence electrons. The summed E-state index contributed by atoms with van der Waals surface area (Å²) in [5.74, 6) is 2.23. The van der Waals surface area contributed by atoms with Crippen LogP contribution < -0.4 is 184 Å². The molecule has 4 rings (SSSR count). The first-order chi connectivity index (χ1) is 54.0. The normalized spacial score (nSPS) is 10.5. The van der Waals surface area contributed by atoms with Crippen molar-refractivity contribution >= 4 is 39.3 Å². The van der Waals surface area contributed by atoms with E-state index >= 15 is 0 Å². The van der Waals surface area contributed by atoms with Crippen molar-refractivity contribution in [3.8, 4) is 11.5 Å². The summed E-state index contributed by atoms with van der Waals surface area (Å²) in [5.41, 5.74) is 2.82. The van der Waals surface area contributed by atoms with Gasteiger partial charge in [-0.3, -0.25) is 19.2 Å². The number of hydrogen-bond acceptors (Lipinski definition) is 8. The van der Waals surface area contributed by atoms with Crippen molar-refractivity contribution in [2.24, 2.45) is 0 Å². The second kappa shape index (κ2) is 106. The number of benzene rings is 4. The number of halogens is 4. The van der Waals surface area contributed by atoms with Gasteiger partial charge in [0.15, 0.2) is 11.6 Å². The number of quaternary nitrogens is 3. The summed E-state index contributed by atoms with van der Waals surface area (Å²) < 4.78 is 15.3. The maximum absolute atomic E-state index is 12.6. The number of carbonyl (C=O) groups is 4. The molecule has 0 spiro atoms. The quantitative estimate of drug-likeness (QED) is 0.0106. The minimum absolute atomic E-state index is 0. The van der Waals surface area contributed by atoms with Crippen LogP contribution in [0.1, 0.15) is 393 Å². The zero-order chi connectivity index (χ0) is 84.0. The number of alkyl halides is 1. The van der Waals surface area contributed by atoms with Crippen LogP contribution in [0.5, 0.6) is 11.5 Å². The minimum Gasteiger partial charge on any atom is -1.00 e. The third kappa shape index (κ3) is 92.2. The van der Waals surface area contributed by atoms with Gasteiger partial charge in [0.05, 0.1) is 94.3 Å². The number of carbonyl (C=O) groups excluding carboxylic acids is 4. The Morgan fingerprint density at radius 3 is 0.835 bits per heavy atom. The summed E-state index contributed by atoms with van der Waals surface area (Å²) in [4.78, 5) is 50.0. The predicted octanol–water partition coefficient (Wildman–Crippen LogP) is 13.6. The third-order valence-corrected chi connectivity index (χ3v) is 21.3. The summed E-state index contributed by atoms with van der Waals surface area (Å²) in [6, 6.07) is 33.7. The molecule has 0 aliphatic carbocycles. The van der Waals surface area contributed by atoms with Crippen LogP contribution in [0.2, 0.25) is 0 Å². The van der Waals surface area contributed by atoms with Crippen molar-refractivity contribution in [2.45, 2.75) is 361 Å². The maximum Gasteiger partial charge on any atom is 1.00 e. The predicted molar refractivity (Wildman–Crippen MR) is 512 cm³/mol. The summed E-state index contributed by atoms with van der Waals surface area (Å²) in [7, 11) is 15.8. The Labute approximate surface area is 896 Å². The number of hydrogen-bond donors (Lipinski definition) is 0. The molecular formula is C102H191BrI3K2N5O8. The van der Waals surface area contributed by atoms with Crippen molar-refractivity contribution in [3.63, 3.8) is 0 Å². The fourth-order valence-electron chi connectivity index (χ4n) is 13.6. The monoisotopic (exact) mass is 2150 g/mol. The van der Waals surface area contributed by atoms with Gasteiger partial charge in [-0.2, -0.15) is 0 Å². The molecule has 4 aromatic rings. The van der Waals surface area contributed by atoms with E-state index in [4.69, 9.17) is 9.47 Å². The van der Waals surface area contributed by atoms with E-state index in [2.05, 4.69) is 120 Å². The van der Waals surface area contributed by atoms with Gasteiger partial charge in [-0.25, -0.2) is 0 Å². The third-order valence-electron chi connectivity index (χ3n) is 20.7. The van der Waals surface area contributed by atoms with Crippen LogP contribution in [0.3, 0.4) is 0 Å². The number of nitrogens with zero attached hydrogens (tertiary/aromatic N) is 5. The molecule has 0 aromatic heterocycles. The van der Waals surface area contributed by atoms with Crippen LogP contribution in [0, 0.1) is 0 Å². The topological polar surface area (TPSA) is 153 Å². The largest absolute Gasteiger partial charge is 1.00 e. The zero-order valence-electron chi connectivity index (χ0n) is 81.0. The number of ketones is 2. The summed E-state index contributed by atoms with van der Waals surface area (Å²) in [5, 5.41) is 1.07. The molecule has 4 aromatic carbocycles. The SMILES string of the molecule is C.C.CCCCC.CCCCC.CCCCCCCCCCCC[N+](C)(C)CCC.CCCCCCCCCCCC[N+](C)(C)CCC[N+](C)(CCC)CCCCCCOc1ccc(C(=O)c2ccccc2)cc1.CCCN(C)C(=O)CC.CCCN(C)C(=O)CC.O=C(c1ccccc1)c1ccc(OCCCCCCBr)cc1.[I-].[I-].[I-].[K+].[K+].[OH-].[OH-]. The summed E-state index contributed by atoms with van der Waals surface area (Å²) >= 11 is 3.43. The van der Waals surface area contributed by atoms with Crippen molar-refractivity contribution in [1.29, 1.82) is 0 Å². The zero-order valence-corrected chi connectivity index (χ0v) is 95.3. The minimum atomic E-state index is 0. The standard InChI is InChI=1S/C40H68N2O2.C19H21BrO2.C17H38N.2C7H15NO.2C5H12.2CH4.3HI.2K.2H2O/c1-6-8-9-10-11-12-13-14-15-21-32-41(3,4)33-24-35-42(5,31-7-2)34-22-16-17-23-36-44-39-29-27-38(28-30-39)40(43)37-25-19-18-20-26-37;20-14-6-1-2-7-15-22-18-12-10-17(11-13-18)19(21)16-8-4-3-5-9-16;1-5-7-8-9-10-11-12-13-14-15-17-18(3,4)16-6-2;2*1-4-6-8(3)7(9)5-2;2*1-3-5-4-2;;;;;;;;;/h18-20,25-30H,6-17,21-24,31-36H2,1-5H3;3-5,8-13H,1-2,6-7,14-15H2;5-17H2,1-4H3;2*4-6H2,1-3H3;2*3-5H2,1-2H3;2*1H4;3*1H;;;2*1H2/q+2;;+1;;;;;;;;;;2*+1;;/p-5. The fourth-order valence-corrected chi connectivity index (χ4v) is 14.0. The molecule has 13 nitrogen and oxygen atoms in total. The maximum atomic E-state index is 12.6. The smallest absolute Gasteiger partial charge is 1.00 e. The fraction of sp³-hybridized carbons (Fsp3) is 0.725. The average molecular weight is 2150 g/mol. The van der Waals surface area contributed by atoms with Gasteiger partial charge in [0.25, 0.3) is 0 Å². The molecule has 0 radical (unpaired) electrons. The molecule has 2 N–H and O–H groups in total. The molecule has 19 heteroatoms. The van der Waals surface area contributed by atoms with Crippen molar-refractivity contribution < 1.29 is 228 Å². The molecule has 2 amide bonds. The Morgan fingerprint density at radius 1 is 0.298 bits per heavy atom. The van der Waals surface area contributed by atoms with Gasteiger partial charge in [0, 0.05) is 74.0 Å². The number of unbranched alkanes of at least 4 members (excludes halogenated alkanes) is 28. The first-order valence-corrected chi connectivity index (χ1v) is 47.3. The van der Waals surface area contributed by atoms with Gasteiger partial charge < -0.3 is 116 Å². The van der Waals surface area contributed by atoms with E-state index in [1.54, 1.807) is 9.80 Å². The molecule has 0 bridgehead atoms.